The highest BCUT2D eigenvalue weighted by atomic mass is 16.7. The lowest BCUT2D eigenvalue weighted by Crippen LogP contribution is -2.60. The standard InChI is InChI=1S/C41H64N4O11/c1-11-32-41(8,52)35(49)26(6)37(50)44-22(2)19-40(7,53-21-29(46)20-43-28-14-15-30-27(18-28)13-12-16-42-30)36(24(4)33(47)25(5)38(51)55-32)56-39-34(48)31(45(9)10)17-23(3)54-39/h12-16,18,22-26,29,31-32,34-36,39,43,46,48-49,52H,11,17,19-21H2,1-10H3,(H,44,50)/t22-,23-,24+,25-,26-,29?,31+,32-,34-,35+,36-,39+,40-,41+/m1/s1. The van der Waals surface area contributed by atoms with Crippen LogP contribution in [0.2, 0.25) is 0 Å². The van der Waals surface area contributed by atoms with Gasteiger partial charge in [0.25, 0.3) is 0 Å². The van der Waals surface area contributed by atoms with E-state index in [4.69, 9.17) is 18.9 Å². The zero-order chi connectivity index (χ0) is 41.7. The van der Waals surface area contributed by atoms with Crippen molar-refractivity contribution >= 4 is 34.3 Å². The fourth-order valence-corrected chi connectivity index (χ4v) is 8.00. The Hall–Kier alpha value is -3.28. The van der Waals surface area contributed by atoms with Crippen molar-refractivity contribution in [1.29, 1.82) is 0 Å². The lowest BCUT2D eigenvalue weighted by Gasteiger charge is -2.47. The predicted octanol–water partition coefficient (Wildman–Crippen LogP) is 2.41. The Bertz CT molecular complexity index is 1640. The summed E-state index contributed by atoms with van der Waals surface area (Å²) in [5.74, 6) is -5.66. The van der Waals surface area contributed by atoms with Gasteiger partial charge in [-0.05, 0) is 92.2 Å². The van der Waals surface area contributed by atoms with Crippen molar-refractivity contribution in [2.75, 3.05) is 32.6 Å². The van der Waals surface area contributed by atoms with Crippen molar-refractivity contribution in [3.8, 4) is 0 Å². The number of aliphatic hydroxyl groups is 4. The largest absolute Gasteiger partial charge is 0.459 e. The third-order valence-corrected chi connectivity index (χ3v) is 11.5. The smallest absolute Gasteiger partial charge is 0.316 e. The number of esters is 1. The number of hydrogen-bond donors (Lipinski definition) is 6. The van der Waals surface area contributed by atoms with Gasteiger partial charge >= 0.3 is 5.97 Å². The van der Waals surface area contributed by atoms with Crippen molar-refractivity contribution < 1.29 is 53.8 Å². The van der Waals surface area contributed by atoms with Crippen molar-refractivity contribution in [3.05, 3.63) is 36.5 Å². The number of hydrogen-bond acceptors (Lipinski definition) is 14. The third-order valence-electron chi connectivity index (χ3n) is 11.5. The number of ether oxygens (including phenoxy) is 4. The van der Waals surface area contributed by atoms with E-state index < -0.39 is 89.5 Å². The first-order valence-corrected chi connectivity index (χ1v) is 19.7. The summed E-state index contributed by atoms with van der Waals surface area (Å²) in [6.07, 6.45) is -5.48. The fourth-order valence-electron chi connectivity index (χ4n) is 8.00. The lowest BCUT2D eigenvalue weighted by molar-refractivity contribution is -0.298. The van der Waals surface area contributed by atoms with E-state index in [2.05, 4.69) is 15.6 Å². The summed E-state index contributed by atoms with van der Waals surface area (Å²) in [7, 11) is 3.68. The van der Waals surface area contributed by atoms with Crippen molar-refractivity contribution in [3.63, 3.8) is 0 Å². The number of nitrogens with one attached hydrogen (secondary N) is 2. The van der Waals surface area contributed by atoms with E-state index in [1.807, 2.05) is 56.3 Å². The molecule has 1 unspecified atom stereocenters. The average Bonchev–Trinajstić information content (AvgIpc) is 3.15. The number of aliphatic hydroxyl groups excluding tert-OH is 3. The van der Waals surface area contributed by atoms with Gasteiger partial charge in [-0.15, -0.1) is 0 Å². The van der Waals surface area contributed by atoms with Crippen LogP contribution in [-0.2, 0) is 33.3 Å². The third kappa shape index (κ3) is 10.6. The highest BCUT2D eigenvalue weighted by Gasteiger charge is 2.51. The van der Waals surface area contributed by atoms with Crippen LogP contribution in [0, 0.1) is 17.8 Å². The van der Waals surface area contributed by atoms with Crippen molar-refractivity contribution in [1.82, 2.24) is 15.2 Å². The van der Waals surface area contributed by atoms with Gasteiger partial charge in [0, 0.05) is 41.8 Å². The van der Waals surface area contributed by atoms with E-state index in [0.717, 1.165) is 16.6 Å². The molecule has 6 N–H and O–H groups in total. The van der Waals surface area contributed by atoms with Gasteiger partial charge in [-0.1, -0.05) is 26.8 Å². The second-order valence-electron chi connectivity index (χ2n) is 16.5. The summed E-state index contributed by atoms with van der Waals surface area (Å²) in [4.78, 5) is 47.8. The number of rotatable bonds is 10. The first-order valence-electron chi connectivity index (χ1n) is 19.7. The number of aromatic nitrogens is 1. The summed E-state index contributed by atoms with van der Waals surface area (Å²) in [6.45, 7) is 12.5. The number of pyridine rings is 1. The van der Waals surface area contributed by atoms with Gasteiger partial charge in [0.05, 0.1) is 48.1 Å². The number of likely N-dealkylation sites (N-methyl/N-ethyl adjacent to an activating group) is 1. The first-order chi connectivity index (χ1) is 26.2. The lowest BCUT2D eigenvalue weighted by atomic mass is 9.79. The minimum Gasteiger partial charge on any atom is -0.459 e. The van der Waals surface area contributed by atoms with Crippen molar-refractivity contribution in [2.45, 2.75) is 141 Å². The molecule has 1 aromatic carbocycles. The van der Waals surface area contributed by atoms with E-state index in [0.29, 0.717) is 6.42 Å². The number of anilines is 1. The molecule has 3 heterocycles. The van der Waals surface area contributed by atoms with Crippen LogP contribution in [0.1, 0.15) is 74.7 Å². The van der Waals surface area contributed by atoms with E-state index in [1.165, 1.54) is 20.8 Å². The minimum atomic E-state index is -2.04. The highest BCUT2D eigenvalue weighted by Crippen LogP contribution is 2.37. The molecule has 0 spiro atoms. The Labute approximate surface area is 330 Å². The topological polar surface area (TPSA) is 209 Å². The normalized spacial score (nSPS) is 37.3. The molecular weight excluding hydrogens is 724 g/mol. The quantitative estimate of drug-likeness (QED) is 0.151. The molecule has 0 saturated carbocycles. The molecule has 2 aliphatic rings. The summed E-state index contributed by atoms with van der Waals surface area (Å²) >= 11 is 0. The molecule has 2 aliphatic heterocycles. The zero-order valence-corrected chi connectivity index (χ0v) is 34.5. The average molecular weight is 789 g/mol. The van der Waals surface area contributed by atoms with Crippen LogP contribution in [0.15, 0.2) is 36.5 Å². The molecule has 0 radical (unpaired) electrons. The molecule has 1 aromatic heterocycles. The molecule has 2 saturated heterocycles. The number of cyclic esters (lactones) is 1. The maximum atomic E-state index is 14.4. The van der Waals surface area contributed by atoms with Crippen LogP contribution in [-0.4, -0.2) is 141 Å². The van der Waals surface area contributed by atoms with E-state index in [1.54, 1.807) is 33.9 Å². The number of carbonyl (C=O) groups is 3. The van der Waals surface area contributed by atoms with Crippen LogP contribution in [0.5, 0.6) is 0 Å². The minimum absolute atomic E-state index is 0.0178. The maximum absolute atomic E-state index is 14.4. The number of Topliss-reactive ketones (excluding diaryl/α,β-unsaturated/α-hetero) is 1. The summed E-state index contributed by atoms with van der Waals surface area (Å²) in [5, 5.41) is 52.5. The second kappa shape index (κ2) is 19.0. The summed E-state index contributed by atoms with van der Waals surface area (Å²) < 4.78 is 25.1. The SMILES string of the molecule is CC[C@H]1OC(=O)[C@H](C)C(=O)[C@H](C)[C@@H](O[C@@H]2O[C@H](C)C[C@H](N(C)C)[C@H]2O)[C@](C)(OCC(O)CNc2ccc3ncccc3c2)C[C@@H](C)NC(=O)[C@H](C)[C@H](O)[C@@]1(C)O. The number of benzene rings is 1. The van der Waals surface area contributed by atoms with Gasteiger partial charge in [-0.25, -0.2) is 0 Å². The molecule has 1 amide bonds. The van der Waals surface area contributed by atoms with Crippen LogP contribution in [0.4, 0.5) is 5.69 Å². The van der Waals surface area contributed by atoms with Crippen molar-refractivity contribution in [2.24, 2.45) is 17.8 Å². The molecule has 2 fully saturated rings. The van der Waals surface area contributed by atoms with Crippen LogP contribution < -0.4 is 10.6 Å². The van der Waals surface area contributed by atoms with Crippen LogP contribution in [0.25, 0.3) is 10.9 Å². The zero-order valence-electron chi connectivity index (χ0n) is 34.5. The van der Waals surface area contributed by atoms with E-state index in [9.17, 15) is 34.8 Å². The number of nitrogens with zero attached hydrogens (tertiary/aromatic N) is 2. The molecule has 2 aromatic rings. The molecule has 15 nitrogen and oxygen atoms in total. The number of amides is 1. The summed E-state index contributed by atoms with van der Waals surface area (Å²) in [5.41, 5.74) is -1.92. The van der Waals surface area contributed by atoms with E-state index in [-0.39, 0.29) is 38.1 Å². The molecular formula is C41H64N4O11. The molecule has 0 aliphatic carbocycles. The second-order valence-corrected chi connectivity index (χ2v) is 16.5. The van der Waals surface area contributed by atoms with Gasteiger partial charge in [-0.3, -0.25) is 19.4 Å². The van der Waals surface area contributed by atoms with Gasteiger partial charge in [0.1, 0.15) is 23.7 Å². The predicted molar refractivity (Wildman–Crippen MR) is 209 cm³/mol. The molecule has 4 rings (SSSR count). The highest BCUT2D eigenvalue weighted by molar-refractivity contribution is 6.00. The summed E-state index contributed by atoms with van der Waals surface area (Å²) in [6, 6.07) is 8.41. The number of ketones is 1. The fraction of sp³-hybridized carbons (Fsp3) is 0.707. The Balaban J connectivity index is 1.72. The monoisotopic (exact) mass is 788 g/mol. The van der Waals surface area contributed by atoms with Gasteiger partial charge in [0.15, 0.2) is 12.1 Å². The maximum Gasteiger partial charge on any atom is 0.316 e. The van der Waals surface area contributed by atoms with Crippen LogP contribution in [0.3, 0.4) is 0 Å². The van der Waals surface area contributed by atoms with Crippen LogP contribution >= 0.6 is 0 Å². The van der Waals surface area contributed by atoms with Gasteiger partial charge in [-0.2, -0.15) is 0 Å². The van der Waals surface area contributed by atoms with E-state index >= 15 is 0 Å². The molecule has 15 heteroatoms. The number of carbonyl (C=O) groups excluding carboxylic acids is 3. The van der Waals surface area contributed by atoms with Gasteiger partial charge in [0.2, 0.25) is 5.91 Å². The van der Waals surface area contributed by atoms with Gasteiger partial charge < -0.3 is 54.9 Å². The molecule has 314 valence electrons. The Morgan fingerprint density at radius 3 is 2.43 bits per heavy atom. The Morgan fingerprint density at radius 2 is 1.77 bits per heavy atom. The first kappa shape index (κ1) is 45.4. The molecule has 0 bridgehead atoms. The molecule has 14 atom stereocenters. The Morgan fingerprint density at radius 1 is 1.07 bits per heavy atom. The molecule has 56 heavy (non-hydrogen) atoms. The number of fused-ring (bicyclic) bond motifs is 1. The Kier molecular flexibility index (Phi) is 15.4.